The van der Waals surface area contributed by atoms with Gasteiger partial charge in [-0.25, -0.2) is 0 Å². The Morgan fingerprint density at radius 1 is 1.15 bits per heavy atom. The third-order valence-corrected chi connectivity index (χ3v) is 6.32. The lowest BCUT2D eigenvalue weighted by Crippen LogP contribution is -2.18. The molecule has 132 valence electrons. The number of rotatable bonds is 4. The van der Waals surface area contributed by atoms with Gasteiger partial charge >= 0.3 is 0 Å². The van der Waals surface area contributed by atoms with E-state index >= 15 is 0 Å². The Kier molecular flexibility index (Phi) is 4.57. The maximum absolute atomic E-state index is 12.4. The number of aromatic amines is 1. The van der Waals surface area contributed by atoms with E-state index in [9.17, 15) is 4.21 Å². The van der Waals surface area contributed by atoms with Crippen LogP contribution in [-0.4, -0.2) is 28.0 Å². The van der Waals surface area contributed by atoms with E-state index in [1.807, 2.05) is 31.2 Å². The summed E-state index contributed by atoms with van der Waals surface area (Å²) in [5.41, 5.74) is 5.32. The first-order chi connectivity index (χ1) is 12.7. The third-order valence-electron chi connectivity index (χ3n) is 5.02. The van der Waals surface area contributed by atoms with Crippen LogP contribution in [0.25, 0.3) is 22.2 Å². The van der Waals surface area contributed by atoms with Crippen LogP contribution in [0.15, 0.2) is 47.4 Å². The van der Waals surface area contributed by atoms with Gasteiger partial charge in [-0.05, 0) is 55.3 Å². The molecule has 3 aromatic rings. The first kappa shape index (κ1) is 16.9. The van der Waals surface area contributed by atoms with Crippen molar-refractivity contribution in [3.63, 3.8) is 0 Å². The zero-order chi connectivity index (χ0) is 18.1. The van der Waals surface area contributed by atoms with Crippen molar-refractivity contribution in [2.45, 2.75) is 24.7 Å². The molecule has 4 heteroatoms. The monoisotopic (exact) mass is 362 g/mol. The number of nitrogens with zero attached hydrogens (tertiary/aromatic N) is 1. The van der Waals surface area contributed by atoms with Crippen molar-refractivity contribution in [2.24, 2.45) is 0 Å². The quantitative estimate of drug-likeness (QED) is 0.692. The minimum Gasteiger partial charge on any atom is -0.371 e. The van der Waals surface area contributed by atoms with Crippen molar-refractivity contribution < 1.29 is 4.21 Å². The molecular weight excluding hydrogens is 340 g/mol. The van der Waals surface area contributed by atoms with E-state index in [0.717, 1.165) is 45.7 Å². The van der Waals surface area contributed by atoms with Crippen molar-refractivity contribution >= 4 is 27.4 Å². The molecule has 0 bridgehead atoms. The number of aromatic nitrogens is 1. The second kappa shape index (κ2) is 7.01. The Labute approximate surface area is 156 Å². The predicted molar refractivity (Wildman–Crippen MR) is 110 cm³/mol. The summed E-state index contributed by atoms with van der Waals surface area (Å²) in [6.07, 6.45) is 7.98. The lowest BCUT2D eigenvalue weighted by molar-refractivity contribution is 0.684. The second-order valence-electron chi connectivity index (χ2n) is 6.64. The van der Waals surface area contributed by atoms with E-state index < -0.39 is 10.8 Å². The number of hydrogen-bond donors (Lipinski definition) is 1. The van der Waals surface area contributed by atoms with Gasteiger partial charge in [0, 0.05) is 57.1 Å². The predicted octanol–water partition coefficient (Wildman–Crippen LogP) is 4.54. The molecule has 1 aromatic heterocycles. The highest BCUT2D eigenvalue weighted by Gasteiger charge is 2.19. The summed E-state index contributed by atoms with van der Waals surface area (Å²) in [4.78, 5) is 6.82. The summed E-state index contributed by atoms with van der Waals surface area (Å²) in [6, 6.07) is 14.4. The van der Waals surface area contributed by atoms with Crippen molar-refractivity contribution in [3.05, 3.63) is 48.0 Å². The van der Waals surface area contributed by atoms with E-state index in [0.29, 0.717) is 5.75 Å². The average Bonchev–Trinajstić information content (AvgIpc) is 3.35. The van der Waals surface area contributed by atoms with Gasteiger partial charge in [-0.15, -0.1) is 6.42 Å². The van der Waals surface area contributed by atoms with Gasteiger partial charge in [0.2, 0.25) is 0 Å². The maximum Gasteiger partial charge on any atom is 0.0526 e. The van der Waals surface area contributed by atoms with Gasteiger partial charge in [0.15, 0.2) is 0 Å². The van der Waals surface area contributed by atoms with Crippen molar-refractivity contribution in [2.75, 3.05) is 23.7 Å². The zero-order valence-electron chi connectivity index (χ0n) is 14.9. The number of nitrogens with one attached hydrogen (secondary N) is 1. The van der Waals surface area contributed by atoms with Gasteiger partial charge in [0.25, 0.3) is 0 Å². The molecule has 1 aliphatic rings. The van der Waals surface area contributed by atoms with Crippen LogP contribution in [0.1, 0.15) is 25.3 Å². The van der Waals surface area contributed by atoms with Gasteiger partial charge in [0.1, 0.15) is 0 Å². The van der Waals surface area contributed by atoms with Crippen molar-refractivity contribution in [3.8, 4) is 23.6 Å². The highest BCUT2D eigenvalue weighted by molar-refractivity contribution is 7.85. The molecule has 26 heavy (non-hydrogen) atoms. The summed E-state index contributed by atoms with van der Waals surface area (Å²) in [5, 5.41) is 1.10. The Morgan fingerprint density at radius 2 is 1.96 bits per heavy atom. The van der Waals surface area contributed by atoms with Crippen LogP contribution in [-0.2, 0) is 10.8 Å². The number of hydrogen-bond acceptors (Lipinski definition) is 2. The lowest BCUT2D eigenvalue weighted by atomic mass is 10.1. The van der Waals surface area contributed by atoms with E-state index in [1.54, 1.807) is 0 Å². The van der Waals surface area contributed by atoms with E-state index in [4.69, 9.17) is 6.42 Å². The Bertz CT molecular complexity index is 1020. The molecule has 1 N–H and O–H groups in total. The maximum atomic E-state index is 12.4. The molecule has 0 aliphatic carbocycles. The number of benzene rings is 2. The molecule has 1 unspecified atom stereocenters. The summed E-state index contributed by atoms with van der Waals surface area (Å²) in [6.45, 7) is 4.10. The fourth-order valence-electron chi connectivity index (χ4n) is 3.64. The molecule has 0 spiro atoms. The second-order valence-corrected chi connectivity index (χ2v) is 8.38. The first-order valence-corrected chi connectivity index (χ1v) is 10.4. The zero-order valence-corrected chi connectivity index (χ0v) is 15.7. The van der Waals surface area contributed by atoms with Gasteiger partial charge in [0.05, 0.1) is 10.8 Å². The topological polar surface area (TPSA) is 36.1 Å². The minimum atomic E-state index is -0.966. The molecule has 2 heterocycles. The van der Waals surface area contributed by atoms with Crippen LogP contribution in [0.2, 0.25) is 0 Å². The summed E-state index contributed by atoms with van der Waals surface area (Å²) >= 11 is 0. The Balaban J connectivity index is 1.87. The van der Waals surface area contributed by atoms with Gasteiger partial charge < -0.3 is 9.88 Å². The average molecular weight is 362 g/mol. The highest BCUT2D eigenvalue weighted by Crippen LogP contribution is 2.35. The molecule has 0 saturated carbocycles. The molecule has 0 radical (unpaired) electrons. The van der Waals surface area contributed by atoms with E-state index in [1.165, 1.54) is 18.5 Å². The molecule has 1 aliphatic heterocycles. The van der Waals surface area contributed by atoms with E-state index in [-0.39, 0.29) is 0 Å². The van der Waals surface area contributed by atoms with Gasteiger partial charge in [-0.2, -0.15) is 0 Å². The molecular formula is C22H22N2OS. The number of anilines is 1. The summed E-state index contributed by atoms with van der Waals surface area (Å²) < 4.78 is 12.4. The van der Waals surface area contributed by atoms with Crippen LogP contribution in [0.5, 0.6) is 0 Å². The van der Waals surface area contributed by atoms with Crippen LogP contribution < -0.4 is 4.90 Å². The van der Waals surface area contributed by atoms with Crippen LogP contribution in [0.3, 0.4) is 0 Å². The highest BCUT2D eigenvalue weighted by atomic mass is 32.2. The molecule has 2 aromatic carbocycles. The normalized spacial score (nSPS) is 15.3. The van der Waals surface area contributed by atoms with Crippen LogP contribution >= 0.6 is 0 Å². The summed E-state index contributed by atoms with van der Waals surface area (Å²) in [5.74, 6) is 3.32. The van der Waals surface area contributed by atoms with Crippen LogP contribution in [0, 0.1) is 12.3 Å². The fraction of sp³-hybridized carbons (Fsp3) is 0.273. The van der Waals surface area contributed by atoms with Crippen molar-refractivity contribution in [1.29, 1.82) is 0 Å². The minimum absolute atomic E-state index is 0.626. The standard InChI is InChI=1S/C22H22N2OS/c1-3-16-7-9-20-17(13-16)14-21(23-20)19-15-18(26(25)4-2)8-10-22(19)24-11-5-6-12-24/h1,7-10,13-15,23H,4-6,11-12H2,2H3. The first-order valence-electron chi connectivity index (χ1n) is 9.06. The molecule has 1 saturated heterocycles. The Morgan fingerprint density at radius 3 is 2.69 bits per heavy atom. The fourth-order valence-corrected chi connectivity index (χ4v) is 4.44. The number of fused-ring (bicyclic) bond motifs is 1. The van der Waals surface area contributed by atoms with Gasteiger partial charge in [-0.1, -0.05) is 12.8 Å². The lowest BCUT2D eigenvalue weighted by Gasteiger charge is -2.21. The molecule has 4 rings (SSSR count). The number of terminal acetylenes is 1. The summed E-state index contributed by atoms with van der Waals surface area (Å²) in [7, 11) is -0.966. The van der Waals surface area contributed by atoms with E-state index in [2.05, 4.69) is 34.0 Å². The molecule has 1 fully saturated rings. The van der Waals surface area contributed by atoms with Crippen LogP contribution in [0.4, 0.5) is 5.69 Å². The number of H-pyrrole nitrogens is 1. The largest absolute Gasteiger partial charge is 0.371 e. The Hall–Kier alpha value is -2.51. The third kappa shape index (κ3) is 3.04. The van der Waals surface area contributed by atoms with Gasteiger partial charge in [-0.3, -0.25) is 4.21 Å². The van der Waals surface area contributed by atoms with Crippen molar-refractivity contribution in [1.82, 2.24) is 4.98 Å². The molecule has 0 amide bonds. The molecule has 3 nitrogen and oxygen atoms in total. The SMILES string of the molecule is C#Cc1ccc2[nH]c(-c3cc(S(=O)CC)ccc3N3CCCC3)cc2c1. The smallest absolute Gasteiger partial charge is 0.0526 e. The molecule has 1 atom stereocenters.